The number of anilines is 2. The standard InChI is InChI=1S/C23H30N6O2/c1-15-12-16(2)20(17(3)13-15)25-19(30)14-29-23(31)28-11-10-24-21(22(28)26-29)27(4)18-8-6-5-7-9-18/h10-13,18H,5-9,14H2,1-4H3,(H,25,30). The lowest BCUT2D eigenvalue weighted by Crippen LogP contribution is -2.34. The van der Waals surface area contributed by atoms with Crippen molar-refractivity contribution >= 4 is 23.1 Å². The zero-order valence-electron chi connectivity index (χ0n) is 18.7. The minimum absolute atomic E-state index is 0.153. The highest BCUT2D eigenvalue weighted by molar-refractivity contribution is 5.92. The quantitative estimate of drug-likeness (QED) is 0.682. The SMILES string of the molecule is Cc1cc(C)c(NC(=O)Cn2nc3c(N(C)C4CCCCC4)nccn3c2=O)c(C)c1. The number of amides is 1. The minimum Gasteiger partial charge on any atom is -0.354 e. The van der Waals surface area contributed by atoms with Gasteiger partial charge < -0.3 is 10.2 Å². The van der Waals surface area contributed by atoms with Crippen LogP contribution in [-0.4, -0.2) is 38.2 Å². The highest BCUT2D eigenvalue weighted by Crippen LogP contribution is 2.26. The average molecular weight is 423 g/mol. The fourth-order valence-corrected chi connectivity index (χ4v) is 4.62. The molecular weight excluding hydrogens is 392 g/mol. The molecule has 4 rings (SSSR count). The van der Waals surface area contributed by atoms with Crippen molar-refractivity contribution in [2.45, 2.75) is 65.5 Å². The van der Waals surface area contributed by atoms with Crippen molar-refractivity contribution in [1.82, 2.24) is 19.2 Å². The molecule has 164 valence electrons. The number of nitrogens with zero attached hydrogens (tertiary/aromatic N) is 5. The van der Waals surface area contributed by atoms with Gasteiger partial charge in [0.05, 0.1) is 0 Å². The van der Waals surface area contributed by atoms with Gasteiger partial charge in [-0.25, -0.2) is 18.9 Å². The third kappa shape index (κ3) is 4.19. The van der Waals surface area contributed by atoms with E-state index in [9.17, 15) is 9.59 Å². The molecule has 8 nitrogen and oxygen atoms in total. The zero-order valence-corrected chi connectivity index (χ0v) is 18.7. The normalized spacial score (nSPS) is 14.7. The van der Waals surface area contributed by atoms with E-state index in [0.717, 1.165) is 35.2 Å². The van der Waals surface area contributed by atoms with Crippen molar-refractivity contribution in [1.29, 1.82) is 0 Å². The molecule has 2 aromatic heterocycles. The van der Waals surface area contributed by atoms with E-state index in [4.69, 9.17) is 0 Å². The number of nitrogens with one attached hydrogen (secondary N) is 1. The first-order valence-electron chi connectivity index (χ1n) is 10.9. The molecule has 0 saturated heterocycles. The summed E-state index contributed by atoms with van der Waals surface area (Å²) in [5.41, 5.74) is 4.06. The maximum Gasteiger partial charge on any atom is 0.350 e. The lowest BCUT2D eigenvalue weighted by molar-refractivity contribution is -0.117. The maximum atomic E-state index is 12.9. The number of carbonyl (C=O) groups excluding carboxylic acids is 1. The van der Waals surface area contributed by atoms with Gasteiger partial charge in [-0.15, -0.1) is 5.10 Å². The number of aromatic nitrogens is 4. The van der Waals surface area contributed by atoms with E-state index in [1.54, 1.807) is 12.4 Å². The highest BCUT2D eigenvalue weighted by atomic mass is 16.2. The molecule has 1 aliphatic carbocycles. The third-order valence-electron chi connectivity index (χ3n) is 6.17. The molecule has 31 heavy (non-hydrogen) atoms. The lowest BCUT2D eigenvalue weighted by Gasteiger charge is -2.31. The van der Waals surface area contributed by atoms with E-state index in [1.165, 1.54) is 28.3 Å². The molecule has 1 N–H and O–H groups in total. The van der Waals surface area contributed by atoms with E-state index < -0.39 is 0 Å². The Labute approximate surface area is 181 Å². The van der Waals surface area contributed by atoms with Crippen LogP contribution in [0.3, 0.4) is 0 Å². The summed E-state index contributed by atoms with van der Waals surface area (Å²) in [6, 6.07) is 4.45. The molecule has 1 aliphatic rings. The van der Waals surface area contributed by atoms with Crippen LogP contribution in [-0.2, 0) is 11.3 Å². The summed E-state index contributed by atoms with van der Waals surface area (Å²) in [6.07, 6.45) is 9.13. The van der Waals surface area contributed by atoms with Gasteiger partial charge in [0.1, 0.15) is 6.54 Å². The topological polar surface area (TPSA) is 84.5 Å². The Morgan fingerprint density at radius 1 is 1.16 bits per heavy atom. The van der Waals surface area contributed by atoms with E-state index >= 15 is 0 Å². The monoisotopic (exact) mass is 422 g/mol. The molecule has 0 aliphatic heterocycles. The second kappa shape index (κ2) is 8.53. The molecule has 0 unspecified atom stereocenters. The molecule has 1 fully saturated rings. The Bertz CT molecular complexity index is 1150. The van der Waals surface area contributed by atoms with Crippen molar-refractivity contribution in [3.8, 4) is 0 Å². The van der Waals surface area contributed by atoms with Crippen molar-refractivity contribution in [3.63, 3.8) is 0 Å². The minimum atomic E-state index is -0.344. The Hall–Kier alpha value is -3.16. The summed E-state index contributed by atoms with van der Waals surface area (Å²) < 4.78 is 2.68. The molecule has 1 saturated carbocycles. The van der Waals surface area contributed by atoms with Gasteiger partial charge in [-0.05, 0) is 44.7 Å². The van der Waals surface area contributed by atoms with Crippen molar-refractivity contribution < 1.29 is 4.79 Å². The van der Waals surface area contributed by atoms with Crippen LogP contribution in [0.15, 0.2) is 29.3 Å². The zero-order chi connectivity index (χ0) is 22.1. The third-order valence-corrected chi connectivity index (χ3v) is 6.17. The van der Waals surface area contributed by atoms with Crippen LogP contribution in [0.25, 0.3) is 5.65 Å². The number of carbonyl (C=O) groups is 1. The molecule has 0 spiro atoms. The number of rotatable bonds is 5. The number of aryl methyl sites for hydroxylation is 3. The summed E-state index contributed by atoms with van der Waals surface area (Å²) in [5.74, 6) is 0.395. The molecular formula is C23H30N6O2. The van der Waals surface area contributed by atoms with E-state index in [1.807, 2.05) is 40.0 Å². The first-order chi connectivity index (χ1) is 14.8. The second-order valence-electron chi connectivity index (χ2n) is 8.61. The second-order valence-corrected chi connectivity index (χ2v) is 8.61. The number of fused-ring (bicyclic) bond motifs is 1. The van der Waals surface area contributed by atoms with Crippen LogP contribution >= 0.6 is 0 Å². The molecule has 0 radical (unpaired) electrons. The van der Waals surface area contributed by atoms with Crippen LogP contribution in [0.2, 0.25) is 0 Å². The Kier molecular flexibility index (Phi) is 5.80. The van der Waals surface area contributed by atoms with Crippen LogP contribution < -0.4 is 15.9 Å². The van der Waals surface area contributed by atoms with Gasteiger partial charge in [-0.3, -0.25) is 4.79 Å². The molecule has 3 aromatic rings. The Morgan fingerprint density at radius 2 is 1.84 bits per heavy atom. The smallest absolute Gasteiger partial charge is 0.350 e. The number of benzene rings is 1. The van der Waals surface area contributed by atoms with Crippen LogP contribution in [0.5, 0.6) is 0 Å². The number of hydrogen-bond acceptors (Lipinski definition) is 5. The van der Waals surface area contributed by atoms with Gasteiger partial charge >= 0.3 is 5.69 Å². The van der Waals surface area contributed by atoms with Crippen molar-refractivity contribution in [2.75, 3.05) is 17.3 Å². The predicted molar refractivity (Wildman–Crippen MR) is 122 cm³/mol. The van der Waals surface area contributed by atoms with Gasteiger partial charge in [0, 0.05) is 31.2 Å². The van der Waals surface area contributed by atoms with E-state index in [2.05, 4.69) is 20.3 Å². The van der Waals surface area contributed by atoms with Gasteiger partial charge in [-0.2, -0.15) is 0 Å². The first-order valence-corrected chi connectivity index (χ1v) is 10.9. The van der Waals surface area contributed by atoms with Gasteiger partial charge in [0.15, 0.2) is 5.82 Å². The molecule has 8 heteroatoms. The Balaban J connectivity index is 1.59. The Morgan fingerprint density at radius 3 is 2.52 bits per heavy atom. The predicted octanol–water partition coefficient (Wildman–Crippen LogP) is 3.22. The van der Waals surface area contributed by atoms with E-state index in [-0.39, 0.29) is 18.1 Å². The fraction of sp³-hybridized carbons (Fsp3) is 0.478. The summed E-state index contributed by atoms with van der Waals surface area (Å²) >= 11 is 0. The fourth-order valence-electron chi connectivity index (χ4n) is 4.62. The summed E-state index contributed by atoms with van der Waals surface area (Å²) in [7, 11) is 2.01. The van der Waals surface area contributed by atoms with Crippen molar-refractivity contribution in [3.05, 3.63) is 51.7 Å². The van der Waals surface area contributed by atoms with Crippen LogP contribution in [0, 0.1) is 20.8 Å². The van der Waals surface area contributed by atoms with Gasteiger partial charge in [-0.1, -0.05) is 37.0 Å². The highest BCUT2D eigenvalue weighted by Gasteiger charge is 2.23. The summed E-state index contributed by atoms with van der Waals surface area (Å²) in [6.45, 7) is 5.80. The summed E-state index contributed by atoms with van der Waals surface area (Å²) in [5, 5.41) is 7.41. The van der Waals surface area contributed by atoms with E-state index in [0.29, 0.717) is 17.5 Å². The molecule has 2 heterocycles. The molecule has 0 atom stereocenters. The summed E-state index contributed by atoms with van der Waals surface area (Å²) in [4.78, 5) is 32.2. The molecule has 1 amide bonds. The maximum absolute atomic E-state index is 12.9. The van der Waals surface area contributed by atoms with Crippen LogP contribution in [0.4, 0.5) is 11.5 Å². The average Bonchev–Trinajstić information content (AvgIpc) is 3.06. The molecule has 1 aromatic carbocycles. The molecule has 0 bridgehead atoms. The van der Waals surface area contributed by atoms with Gasteiger partial charge in [0.2, 0.25) is 11.6 Å². The first kappa shape index (κ1) is 21.1. The largest absolute Gasteiger partial charge is 0.354 e. The lowest BCUT2D eigenvalue weighted by atomic mass is 9.94. The number of hydrogen-bond donors (Lipinski definition) is 1. The van der Waals surface area contributed by atoms with Crippen molar-refractivity contribution in [2.24, 2.45) is 0 Å². The van der Waals surface area contributed by atoms with Crippen LogP contribution in [0.1, 0.15) is 48.8 Å². The van der Waals surface area contributed by atoms with Gasteiger partial charge in [0.25, 0.3) is 0 Å².